The van der Waals surface area contributed by atoms with E-state index in [0.717, 1.165) is 16.9 Å². The largest absolute Gasteiger partial charge is 0.378 e. The molecule has 2 aromatic carbocycles. The summed E-state index contributed by atoms with van der Waals surface area (Å²) in [6.45, 7) is 1.86. The van der Waals surface area contributed by atoms with Crippen LogP contribution in [-0.2, 0) is 0 Å². The van der Waals surface area contributed by atoms with Crippen LogP contribution >= 0.6 is 23.2 Å². The Morgan fingerprint density at radius 3 is 2.30 bits per heavy atom. The molecule has 1 atom stereocenters. The van der Waals surface area contributed by atoms with Crippen LogP contribution in [-0.4, -0.2) is 20.1 Å². The lowest BCUT2D eigenvalue weighted by Gasteiger charge is -2.17. The first kappa shape index (κ1) is 17.4. The lowest BCUT2D eigenvalue weighted by atomic mass is 10.1. The van der Waals surface area contributed by atoms with Crippen LogP contribution in [0.25, 0.3) is 0 Å². The van der Waals surface area contributed by atoms with E-state index < -0.39 is 0 Å². The molecule has 0 saturated carbocycles. The predicted molar refractivity (Wildman–Crippen MR) is 97.8 cm³/mol. The monoisotopic (exact) mass is 351 g/mol. The third kappa shape index (κ3) is 4.78. The Bertz CT molecular complexity index is 687. The Hall–Kier alpha value is -1.91. The molecule has 0 bridgehead atoms. The fourth-order valence-corrected chi connectivity index (χ4v) is 2.71. The molecule has 2 N–H and O–H groups in total. The van der Waals surface area contributed by atoms with Crippen molar-refractivity contribution in [2.75, 3.05) is 24.3 Å². The second kappa shape index (κ2) is 7.57. The molecule has 0 aliphatic rings. The van der Waals surface area contributed by atoms with Gasteiger partial charge in [-0.2, -0.15) is 0 Å². The minimum absolute atomic E-state index is 0.235. The number of anilines is 2. The third-order valence-electron chi connectivity index (χ3n) is 3.42. The summed E-state index contributed by atoms with van der Waals surface area (Å²) in [6, 6.07) is 12.3. The molecular weight excluding hydrogens is 333 g/mol. The van der Waals surface area contributed by atoms with E-state index in [4.69, 9.17) is 23.2 Å². The summed E-state index contributed by atoms with van der Waals surface area (Å²) >= 11 is 12.0. The summed E-state index contributed by atoms with van der Waals surface area (Å²) in [5.74, 6) is 0. The maximum Gasteiger partial charge on any atom is 0.319 e. The van der Waals surface area contributed by atoms with Gasteiger partial charge in [-0.25, -0.2) is 4.79 Å². The lowest BCUT2D eigenvalue weighted by molar-refractivity contribution is 0.249. The van der Waals surface area contributed by atoms with Crippen LogP contribution in [0.1, 0.15) is 18.5 Å². The number of hydrogen-bond acceptors (Lipinski definition) is 2. The number of nitrogens with one attached hydrogen (secondary N) is 2. The number of urea groups is 1. The number of carbonyl (C=O) groups is 1. The van der Waals surface area contributed by atoms with Crippen molar-refractivity contribution >= 4 is 40.6 Å². The minimum atomic E-state index is -0.291. The van der Waals surface area contributed by atoms with Crippen molar-refractivity contribution in [2.24, 2.45) is 0 Å². The molecule has 0 saturated heterocycles. The summed E-state index contributed by atoms with van der Waals surface area (Å²) in [7, 11) is 3.93. The van der Waals surface area contributed by atoms with Crippen molar-refractivity contribution in [1.29, 1.82) is 0 Å². The minimum Gasteiger partial charge on any atom is -0.378 e. The number of carbonyl (C=O) groups excluding carboxylic acids is 1. The molecule has 6 heteroatoms. The van der Waals surface area contributed by atoms with Crippen LogP contribution in [0.4, 0.5) is 16.2 Å². The highest BCUT2D eigenvalue weighted by atomic mass is 35.5. The van der Waals surface area contributed by atoms with Crippen molar-refractivity contribution in [1.82, 2.24) is 5.32 Å². The molecule has 2 aromatic rings. The first-order valence-electron chi connectivity index (χ1n) is 7.16. The fourth-order valence-electron chi connectivity index (χ4n) is 2.14. The van der Waals surface area contributed by atoms with E-state index in [0.29, 0.717) is 10.0 Å². The Morgan fingerprint density at radius 1 is 1.09 bits per heavy atom. The molecule has 1 unspecified atom stereocenters. The molecule has 0 radical (unpaired) electrons. The van der Waals surface area contributed by atoms with Gasteiger partial charge in [0.25, 0.3) is 0 Å². The second-order valence-electron chi connectivity index (χ2n) is 5.43. The Labute approximate surface area is 146 Å². The van der Waals surface area contributed by atoms with E-state index in [-0.39, 0.29) is 12.1 Å². The van der Waals surface area contributed by atoms with E-state index in [9.17, 15) is 4.79 Å². The van der Waals surface area contributed by atoms with Crippen molar-refractivity contribution in [3.05, 3.63) is 58.1 Å². The van der Waals surface area contributed by atoms with Gasteiger partial charge >= 0.3 is 6.03 Å². The number of amides is 2. The highest BCUT2D eigenvalue weighted by Gasteiger charge is 2.13. The van der Waals surface area contributed by atoms with Gasteiger partial charge in [0.1, 0.15) is 0 Å². The number of rotatable bonds is 4. The smallest absolute Gasteiger partial charge is 0.319 e. The SMILES string of the molecule is CC(NC(=O)Nc1ccc(N(C)C)cc1)c1ccc(Cl)cc1Cl. The van der Waals surface area contributed by atoms with Crippen molar-refractivity contribution < 1.29 is 4.79 Å². The van der Waals surface area contributed by atoms with Gasteiger partial charge in [0.15, 0.2) is 0 Å². The third-order valence-corrected chi connectivity index (χ3v) is 3.98. The van der Waals surface area contributed by atoms with Gasteiger partial charge in [-0.05, 0) is 48.9 Å². The predicted octanol–water partition coefficient (Wildman–Crippen LogP) is 4.94. The van der Waals surface area contributed by atoms with Crippen LogP contribution in [0.2, 0.25) is 10.0 Å². The molecule has 0 aromatic heterocycles. The van der Waals surface area contributed by atoms with Gasteiger partial charge in [0.05, 0.1) is 6.04 Å². The van der Waals surface area contributed by atoms with Crippen LogP contribution < -0.4 is 15.5 Å². The van der Waals surface area contributed by atoms with Crippen LogP contribution in [0, 0.1) is 0 Å². The highest BCUT2D eigenvalue weighted by molar-refractivity contribution is 6.35. The van der Waals surface area contributed by atoms with Crippen LogP contribution in [0.3, 0.4) is 0 Å². The molecular formula is C17H19Cl2N3O. The lowest BCUT2D eigenvalue weighted by Crippen LogP contribution is -2.31. The summed E-state index contributed by atoms with van der Waals surface area (Å²) in [4.78, 5) is 14.1. The maximum absolute atomic E-state index is 12.1. The molecule has 2 amide bonds. The number of hydrogen-bond donors (Lipinski definition) is 2. The van der Waals surface area contributed by atoms with Crippen molar-refractivity contribution in [3.8, 4) is 0 Å². The van der Waals surface area contributed by atoms with Gasteiger partial charge in [0.2, 0.25) is 0 Å². The van der Waals surface area contributed by atoms with E-state index in [2.05, 4.69) is 10.6 Å². The molecule has 2 rings (SSSR count). The topological polar surface area (TPSA) is 44.4 Å². The number of nitrogens with zero attached hydrogens (tertiary/aromatic N) is 1. The Balaban J connectivity index is 1.98. The van der Waals surface area contributed by atoms with Crippen molar-refractivity contribution in [3.63, 3.8) is 0 Å². The summed E-state index contributed by atoms with van der Waals surface area (Å²) in [5.41, 5.74) is 2.61. The summed E-state index contributed by atoms with van der Waals surface area (Å²) in [6.07, 6.45) is 0. The Kier molecular flexibility index (Phi) is 5.74. The van der Waals surface area contributed by atoms with Gasteiger partial charge in [0, 0.05) is 35.5 Å². The van der Waals surface area contributed by atoms with Crippen LogP contribution in [0.5, 0.6) is 0 Å². The van der Waals surface area contributed by atoms with Gasteiger partial charge < -0.3 is 15.5 Å². The zero-order valence-corrected chi connectivity index (χ0v) is 14.7. The quantitative estimate of drug-likeness (QED) is 0.818. The Morgan fingerprint density at radius 2 is 1.74 bits per heavy atom. The number of benzene rings is 2. The van der Waals surface area contributed by atoms with E-state index >= 15 is 0 Å². The molecule has 122 valence electrons. The molecule has 0 heterocycles. The van der Waals surface area contributed by atoms with Gasteiger partial charge in [-0.1, -0.05) is 29.3 Å². The summed E-state index contributed by atoms with van der Waals surface area (Å²) < 4.78 is 0. The van der Waals surface area contributed by atoms with Gasteiger partial charge in [-0.15, -0.1) is 0 Å². The van der Waals surface area contributed by atoms with E-state index in [1.54, 1.807) is 12.1 Å². The fraction of sp³-hybridized carbons (Fsp3) is 0.235. The maximum atomic E-state index is 12.1. The zero-order valence-electron chi connectivity index (χ0n) is 13.2. The summed E-state index contributed by atoms with van der Waals surface area (Å²) in [5, 5.41) is 6.75. The van der Waals surface area contributed by atoms with E-state index in [1.165, 1.54) is 0 Å². The van der Waals surface area contributed by atoms with Crippen LogP contribution in [0.15, 0.2) is 42.5 Å². The highest BCUT2D eigenvalue weighted by Crippen LogP contribution is 2.26. The molecule has 0 aliphatic heterocycles. The first-order chi connectivity index (χ1) is 10.9. The average molecular weight is 352 g/mol. The standard InChI is InChI=1S/C17H19Cl2N3O/c1-11(15-9-4-12(18)10-16(15)19)20-17(23)21-13-5-7-14(8-6-13)22(2)3/h4-11H,1-3H3,(H2,20,21,23). The molecule has 4 nitrogen and oxygen atoms in total. The van der Waals surface area contributed by atoms with Gasteiger partial charge in [-0.3, -0.25) is 0 Å². The van der Waals surface area contributed by atoms with E-state index in [1.807, 2.05) is 56.3 Å². The number of halogens is 2. The van der Waals surface area contributed by atoms with Crippen molar-refractivity contribution in [2.45, 2.75) is 13.0 Å². The molecule has 23 heavy (non-hydrogen) atoms. The normalized spacial score (nSPS) is 11.7. The molecule has 0 spiro atoms. The molecule has 0 aliphatic carbocycles. The zero-order chi connectivity index (χ0) is 17.0. The second-order valence-corrected chi connectivity index (χ2v) is 6.27. The molecule has 0 fully saturated rings. The average Bonchev–Trinajstić information content (AvgIpc) is 2.47. The first-order valence-corrected chi connectivity index (χ1v) is 7.92.